The van der Waals surface area contributed by atoms with Gasteiger partial charge in [0.25, 0.3) is 23.6 Å². The van der Waals surface area contributed by atoms with Crippen LogP contribution in [-0.2, 0) is 19.6 Å². The Hall–Kier alpha value is -6.46. The van der Waals surface area contributed by atoms with Gasteiger partial charge in [-0.05, 0) is 108 Å². The van der Waals surface area contributed by atoms with Crippen LogP contribution in [0.2, 0.25) is 0 Å². The highest BCUT2D eigenvalue weighted by atomic mass is 19.1. The molecule has 14 nitrogen and oxygen atoms in total. The molecule has 4 N–H and O–H groups in total. The largest absolute Gasteiger partial charge is 0.503 e. The normalized spacial score (nSPS) is 23.6. The number of hydrogen-bond acceptors (Lipinski definition) is 8. The van der Waals surface area contributed by atoms with Crippen LogP contribution < -0.4 is 21.5 Å². The molecule has 4 saturated heterocycles. The van der Waals surface area contributed by atoms with E-state index < -0.39 is 81.8 Å². The highest BCUT2D eigenvalue weighted by Gasteiger charge is 2.58. The summed E-state index contributed by atoms with van der Waals surface area (Å²) in [5, 5.41) is 25.8. The fourth-order valence-corrected chi connectivity index (χ4v) is 11.1. The molecule has 1 atom stereocenters. The minimum Gasteiger partial charge on any atom is -0.503 e. The van der Waals surface area contributed by atoms with Crippen molar-refractivity contribution in [1.82, 2.24) is 29.6 Å². The van der Waals surface area contributed by atoms with Gasteiger partial charge in [-0.25, -0.2) is 17.6 Å². The number of fused-ring (bicyclic) bond motifs is 2. The van der Waals surface area contributed by atoms with Gasteiger partial charge in [-0.3, -0.25) is 28.8 Å². The van der Waals surface area contributed by atoms with Gasteiger partial charge in [-0.1, -0.05) is 7.43 Å². The van der Waals surface area contributed by atoms with E-state index in [9.17, 15) is 56.5 Å². The summed E-state index contributed by atoms with van der Waals surface area (Å²) in [6.45, 7) is 4.81. The summed E-state index contributed by atoms with van der Waals surface area (Å²) >= 11 is 0. The van der Waals surface area contributed by atoms with Gasteiger partial charge < -0.3 is 39.8 Å². The van der Waals surface area contributed by atoms with E-state index in [0.717, 1.165) is 75.6 Å². The molecule has 2 aromatic heterocycles. The minimum atomic E-state index is -1.06. The zero-order valence-corrected chi connectivity index (χ0v) is 34.6. The number of aryl methyl sites for hydroxylation is 2. The maximum absolute atomic E-state index is 14.3. The lowest BCUT2D eigenvalue weighted by molar-refractivity contribution is 0.0481. The fraction of sp³-hybridized carbons (Fsp3) is 0.435. The van der Waals surface area contributed by atoms with E-state index in [-0.39, 0.29) is 64.2 Å². The van der Waals surface area contributed by atoms with Crippen LogP contribution >= 0.6 is 0 Å². The summed E-state index contributed by atoms with van der Waals surface area (Å²) in [6, 6.07) is 3.80. The van der Waals surface area contributed by atoms with Gasteiger partial charge in [0.15, 0.2) is 22.9 Å². The molecule has 4 fully saturated rings. The summed E-state index contributed by atoms with van der Waals surface area (Å²) in [7, 11) is 0. The average Bonchev–Trinajstić information content (AvgIpc) is 3.98. The number of nitrogens with zero attached hydrogens (tertiary/aromatic N) is 4. The van der Waals surface area contributed by atoms with E-state index in [0.29, 0.717) is 24.2 Å². The number of pyridine rings is 2. The molecule has 18 heteroatoms. The van der Waals surface area contributed by atoms with Crippen molar-refractivity contribution < 1.29 is 47.0 Å². The smallest absolute Gasteiger partial charge is 0.275 e. The Morgan fingerprint density at radius 2 is 1.08 bits per heavy atom. The van der Waals surface area contributed by atoms with Crippen LogP contribution in [0.25, 0.3) is 0 Å². The molecule has 6 aliphatic rings. The zero-order valence-electron chi connectivity index (χ0n) is 34.6. The lowest BCUT2D eigenvalue weighted by atomic mass is 9.86. The van der Waals surface area contributed by atoms with Crippen molar-refractivity contribution in [2.24, 2.45) is 0 Å². The second-order valence-electron chi connectivity index (χ2n) is 17.9. The lowest BCUT2D eigenvalue weighted by Gasteiger charge is -2.41. The molecule has 64 heavy (non-hydrogen) atoms. The Morgan fingerprint density at radius 1 is 0.688 bits per heavy atom. The lowest BCUT2D eigenvalue weighted by Crippen LogP contribution is -2.53. The van der Waals surface area contributed by atoms with E-state index >= 15 is 0 Å². The molecule has 0 radical (unpaired) electrons. The van der Waals surface area contributed by atoms with Crippen molar-refractivity contribution >= 4 is 23.6 Å². The fourth-order valence-electron chi connectivity index (χ4n) is 11.1. The summed E-state index contributed by atoms with van der Waals surface area (Å²) in [6.07, 6.45) is 9.40. The molecule has 8 heterocycles. The Labute approximate surface area is 364 Å². The number of amides is 4. The van der Waals surface area contributed by atoms with E-state index in [2.05, 4.69) is 10.6 Å². The Kier molecular flexibility index (Phi) is 10.8. The van der Waals surface area contributed by atoms with Crippen LogP contribution in [0.4, 0.5) is 17.6 Å². The first-order valence-electron chi connectivity index (χ1n) is 20.9. The first-order chi connectivity index (χ1) is 29.8. The molecule has 0 unspecified atom stereocenters. The first-order valence-corrected chi connectivity index (χ1v) is 20.9. The second kappa shape index (κ2) is 15.7. The van der Waals surface area contributed by atoms with Crippen LogP contribution in [0.5, 0.6) is 11.5 Å². The highest BCUT2D eigenvalue weighted by Crippen LogP contribution is 2.52. The molecule has 4 amide bonds. The Balaban J connectivity index is 0.000000172. The summed E-state index contributed by atoms with van der Waals surface area (Å²) in [5.41, 5.74) is -3.49. The third-order valence-corrected chi connectivity index (χ3v) is 14.0. The van der Waals surface area contributed by atoms with Crippen LogP contribution in [0.3, 0.4) is 0 Å². The minimum absolute atomic E-state index is 0. The Morgan fingerprint density at radius 3 is 1.50 bits per heavy atom. The van der Waals surface area contributed by atoms with Crippen molar-refractivity contribution in [2.75, 3.05) is 0 Å². The highest BCUT2D eigenvalue weighted by molar-refractivity contribution is 6.01. The van der Waals surface area contributed by atoms with Gasteiger partial charge in [0.1, 0.15) is 34.4 Å². The van der Waals surface area contributed by atoms with Crippen molar-refractivity contribution in [3.8, 4) is 11.5 Å². The van der Waals surface area contributed by atoms with Crippen LogP contribution in [0.1, 0.15) is 136 Å². The van der Waals surface area contributed by atoms with E-state index in [1.807, 2.05) is 0 Å². The molecule has 6 aliphatic heterocycles. The number of carbonyl (C=O) groups excluding carboxylic acids is 4. The van der Waals surface area contributed by atoms with Gasteiger partial charge >= 0.3 is 0 Å². The number of halogens is 4. The van der Waals surface area contributed by atoms with Crippen molar-refractivity contribution in [3.05, 3.63) is 125 Å². The van der Waals surface area contributed by atoms with Crippen molar-refractivity contribution in [1.29, 1.82) is 0 Å². The van der Waals surface area contributed by atoms with Crippen molar-refractivity contribution in [3.63, 3.8) is 0 Å². The molecule has 0 saturated carbocycles. The molecular weight excluding hydrogens is 841 g/mol. The van der Waals surface area contributed by atoms with E-state index in [1.54, 1.807) is 23.6 Å². The SMILES string of the molecule is C.Cc1cc(F)c(CNC(=O)c2cn3c(c(O)c2=O)C(=O)N2C4CCC2(CC4)C3)c(F)c1.Cc1cc(F)c([C@@H](C)NC(=O)c2cn3c(c(O)c2=O)C(=O)N2C4CCC2(CC4)C3)c(F)c1. The monoisotopic (exact) mass is 888 g/mol. The first kappa shape index (κ1) is 44.2. The summed E-state index contributed by atoms with van der Waals surface area (Å²) < 4.78 is 59.6. The predicted molar refractivity (Wildman–Crippen MR) is 223 cm³/mol. The standard InChI is InChI=1S/C23H23F2N3O4.C22H21F2N3O4.CH4/c1-11-7-15(24)17(16(25)8-11)12(2)26-21(31)14-9-27-10-23-5-3-13(4-6-23)28(23)22(32)18(27)20(30)19(14)29;1-11-6-15(23)13(16(24)7-11)8-25-20(30)14-9-26-10-22-4-2-12(3-5-22)27(22)21(31)17(26)19(29)18(14)28;/h7-9,12-13,30H,3-6,10H2,1-2H3,(H,26,31);6-7,9,12,29H,2-5,8,10H2,1H3,(H,25,30);1H4/t12-,13?,23?;;/m1../s1. The predicted octanol–water partition coefficient (Wildman–Crippen LogP) is 5.64. The molecule has 10 rings (SSSR count). The molecule has 4 bridgehead atoms. The topological polar surface area (TPSA) is 183 Å². The average molecular weight is 889 g/mol. The van der Waals surface area contributed by atoms with Gasteiger partial charge in [0, 0.05) is 55.2 Å². The van der Waals surface area contributed by atoms with Crippen LogP contribution in [-0.4, -0.2) is 75.9 Å². The summed E-state index contributed by atoms with van der Waals surface area (Å²) in [4.78, 5) is 80.7. The molecule has 2 aromatic carbocycles. The number of carbonyl (C=O) groups is 4. The van der Waals surface area contributed by atoms with E-state index in [1.165, 1.54) is 28.5 Å². The van der Waals surface area contributed by atoms with Gasteiger partial charge in [-0.15, -0.1) is 0 Å². The number of hydrogen-bond donors (Lipinski definition) is 4. The quantitative estimate of drug-likeness (QED) is 0.180. The molecule has 0 spiro atoms. The van der Waals surface area contributed by atoms with Gasteiger partial charge in [0.2, 0.25) is 10.9 Å². The number of rotatable bonds is 6. The zero-order chi connectivity index (χ0) is 45.0. The number of aromatic nitrogens is 2. The molecule has 338 valence electrons. The molecule has 0 aliphatic carbocycles. The van der Waals surface area contributed by atoms with E-state index in [4.69, 9.17) is 0 Å². The van der Waals surface area contributed by atoms with Gasteiger partial charge in [-0.2, -0.15) is 0 Å². The molecule has 4 aromatic rings. The Bertz CT molecular complexity index is 2760. The third kappa shape index (κ3) is 6.74. The van der Waals surface area contributed by atoms with Crippen LogP contribution in [0.15, 0.2) is 46.2 Å². The maximum Gasteiger partial charge on any atom is 0.275 e. The third-order valence-electron chi connectivity index (χ3n) is 14.0. The number of aromatic hydroxyl groups is 2. The second-order valence-corrected chi connectivity index (χ2v) is 17.9. The number of benzene rings is 2. The van der Waals surface area contributed by atoms with Crippen LogP contribution in [0, 0.1) is 37.1 Å². The maximum atomic E-state index is 14.3. The van der Waals surface area contributed by atoms with Gasteiger partial charge in [0.05, 0.1) is 17.1 Å². The molecular formula is C46H48F4N6O8. The number of nitrogens with one attached hydrogen (secondary N) is 2. The van der Waals surface area contributed by atoms with Crippen molar-refractivity contribution in [2.45, 2.75) is 128 Å². The summed E-state index contributed by atoms with van der Waals surface area (Å²) in [5.74, 6) is -7.30.